The van der Waals surface area contributed by atoms with Gasteiger partial charge in [0.1, 0.15) is 5.75 Å². The Kier molecular flexibility index (Phi) is 8.32. The SMILES string of the molecule is COc1ccc2cc(C(=O)NCCc3cc[n+](Cc4ccccc4[N+](=O)[O-])cc3)ccc2c1.[Br-]. The minimum Gasteiger partial charge on any atom is -1.00 e. The Hall–Kier alpha value is -3.78. The molecule has 0 aliphatic carbocycles. The fraction of sp³-hybridized carbons (Fsp3) is 0.154. The van der Waals surface area contributed by atoms with Crippen molar-refractivity contribution in [1.29, 1.82) is 0 Å². The second-order valence-electron chi connectivity index (χ2n) is 7.70. The predicted octanol–water partition coefficient (Wildman–Crippen LogP) is 1.07. The number of pyridine rings is 1. The molecular formula is C26H24BrN3O4. The summed E-state index contributed by atoms with van der Waals surface area (Å²) in [5, 5.41) is 16.2. The summed E-state index contributed by atoms with van der Waals surface area (Å²) >= 11 is 0. The molecule has 0 bridgehead atoms. The van der Waals surface area contributed by atoms with Gasteiger partial charge >= 0.3 is 0 Å². The van der Waals surface area contributed by atoms with Gasteiger partial charge in [0.15, 0.2) is 18.9 Å². The van der Waals surface area contributed by atoms with E-state index in [4.69, 9.17) is 4.74 Å². The summed E-state index contributed by atoms with van der Waals surface area (Å²) in [7, 11) is 1.63. The molecule has 0 atom stereocenters. The van der Waals surface area contributed by atoms with Crippen LogP contribution in [-0.2, 0) is 13.0 Å². The lowest BCUT2D eigenvalue weighted by Crippen LogP contribution is -3.00. The lowest BCUT2D eigenvalue weighted by molar-refractivity contribution is -0.688. The number of para-hydroxylation sites is 1. The van der Waals surface area contributed by atoms with Crippen molar-refractivity contribution in [1.82, 2.24) is 5.32 Å². The van der Waals surface area contributed by atoms with Gasteiger partial charge in [-0.2, -0.15) is 0 Å². The average molecular weight is 522 g/mol. The number of hydrogen-bond donors (Lipinski definition) is 1. The zero-order chi connectivity index (χ0) is 23.2. The van der Waals surface area contributed by atoms with Gasteiger partial charge in [0, 0.05) is 30.3 Å². The molecule has 34 heavy (non-hydrogen) atoms. The highest BCUT2D eigenvalue weighted by atomic mass is 79.9. The predicted molar refractivity (Wildman–Crippen MR) is 125 cm³/mol. The van der Waals surface area contributed by atoms with Crippen LogP contribution in [0.1, 0.15) is 21.5 Å². The highest BCUT2D eigenvalue weighted by Crippen LogP contribution is 2.22. The van der Waals surface area contributed by atoms with Gasteiger partial charge in [0.05, 0.1) is 17.6 Å². The minimum absolute atomic E-state index is 0. The number of benzene rings is 3. The van der Waals surface area contributed by atoms with Crippen LogP contribution >= 0.6 is 0 Å². The molecule has 4 aromatic rings. The smallest absolute Gasteiger partial charge is 0.278 e. The van der Waals surface area contributed by atoms with E-state index < -0.39 is 0 Å². The molecule has 0 saturated heterocycles. The molecule has 3 aromatic carbocycles. The van der Waals surface area contributed by atoms with Gasteiger partial charge in [-0.05, 0) is 53.1 Å². The first-order chi connectivity index (χ1) is 16.0. The summed E-state index contributed by atoms with van der Waals surface area (Å²) in [4.78, 5) is 23.4. The number of carbonyl (C=O) groups excluding carboxylic acids is 1. The molecule has 0 unspecified atom stereocenters. The third kappa shape index (κ3) is 5.96. The Balaban J connectivity index is 0.00000324. The van der Waals surface area contributed by atoms with Gasteiger partial charge in [-0.3, -0.25) is 14.9 Å². The molecule has 0 saturated carbocycles. The number of fused-ring (bicyclic) bond motifs is 1. The molecule has 0 aliphatic heterocycles. The number of ether oxygens (including phenoxy) is 1. The molecule has 0 fully saturated rings. The second kappa shape index (κ2) is 11.4. The average Bonchev–Trinajstić information content (AvgIpc) is 2.84. The molecule has 0 aliphatic rings. The second-order valence-corrected chi connectivity index (χ2v) is 7.70. The number of rotatable bonds is 8. The fourth-order valence-electron chi connectivity index (χ4n) is 3.69. The minimum atomic E-state index is -0.362. The number of nitro benzene ring substituents is 1. The number of halogens is 1. The molecule has 4 rings (SSSR count). The van der Waals surface area contributed by atoms with Crippen molar-refractivity contribution in [2.75, 3.05) is 13.7 Å². The number of hydrogen-bond acceptors (Lipinski definition) is 4. The number of nitro groups is 1. The Morgan fingerprint density at radius 1 is 1.00 bits per heavy atom. The Labute approximate surface area is 207 Å². The summed E-state index contributed by atoms with van der Waals surface area (Å²) in [5.74, 6) is 0.668. The van der Waals surface area contributed by atoms with E-state index in [2.05, 4.69) is 5.32 Å². The molecule has 0 spiro atoms. The molecule has 7 nitrogen and oxygen atoms in total. The number of nitrogens with zero attached hydrogens (tertiary/aromatic N) is 2. The van der Waals surface area contributed by atoms with E-state index in [1.54, 1.807) is 25.3 Å². The van der Waals surface area contributed by atoms with E-state index in [0.29, 0.717) is 30.6 Å². The third-order valence-corrected chi connectivity index (χ3v) is 5.51. The number of amides is 1. The van der Waals surface area contributed by atoms with Crippen LogP contribution in [-0.4, -0.2) is 24.5 Å². The van der Waals surface area contributed by atoms with Crippen molar-refractivity contribution < 1.29 is 36.0 Å². The highest BCUT2D eigenvalue weighted by Gasteiger charge is 2.16. The highest BCUT2D eigenvalue weighted by molar-refractivity contribution is 5.98. The summed E-state index contributed by atoms with van der Waals surface area (Å²) < 4.78 is 7.14. The van der Waals surface area contributed by atoms with Crippen molar-refractivity contribution in [3.8, 4) is 5.75 Å². The summed E-state index contributed by atoms with van der Waals surface area (Å²) in [6.07, 6.45) is 4.47. The normalized spacial score (nSPS) is 10.4. The van der Waals surface area contributed by atoms with E-state index in [0.717, 1.165) is 22.1 Å². The Bertz CT molecular complexity index is 1310. The molecule has 1 amide bonds. The lowest BCUT2D eigenvalue weighted by Gasteiger charge is -2.07. The van der Waals surface area contributed by atoms with Gasteiger partial charge in [-0.15, -0.1) is 0 Å². The zero-order valence-corrected chi connectivity index (χ0v) is 20.2. The van der Waals surface area contributed by atoms with Crippen LogP contribution < -0.4 is 31.6 Å². The van der Waals surface area contributed by atoms with Gasteiger partial charge < -0.3 is 27.0 Å². The quantitative estimate of drug-likeness (QED) is 0.213. The van der Waals surface area contributed by atoms with E-state index in [1.807, 2.05) is 65.5 Å². The van der Waals surface area contributed by atoms with Crippen LogP contribution in [0.2, 0.25) is 0 Å². The van der Waals surface area contributed by atoms with E-state index in [-0.39, 0.29) is 33.5 Å². The zero-order valence-electron chi connectivity index (χ0n) is 18.6. The summed E-state index contributed by atoms with van der Waals surface area (Å²) in [6.45, 7) is 0.926. The van der Waals surface area contributed by atoms with Crippen LogP contribution in [0.25, 0.3) is 10.8 Å². The molecule has 1 N–H and O–H groups in total. The van der Waals surface area contributed by atoms with Crippen LogP contribution in [0.4, 0.5) is 5.69 Å². The topological polar surface area (TPSA) is 85.3 Å². The summed E-state index contributed by atoms with van der Waals surface area (Å²) in [5.41, 5.74) is 2.45. The van der Waals surface area contributed by atoms with Crippen LogP contribution in [0.3, 0.4) is 0 Å². The number of nitrogens with one attached hydrogen (secondary N) is 1. The van der Waals surface area contributed by atoms with Crippen molar-refractivity contribution in [3.05, 3.63) is 112 Å². The van der Waals surface area contributed by atoms with E-state index in [9.17, 15) is 14.9 Å². The number of carbonyl (C=O) groups is 1. The van der Waals surface area contributed by atoms with Crippen molar-refractivity contribution in [2.45, 2.75) is 13.0 Å². The fourth-order valence-corrected chi connectivity index (χ4v) is 3.69. The Morgan fingerprint density at radius 3 is 2.44 bits per heavy atom. The number of aromatic nitrogens is 1. The van der Waals surface area contributed by atoms with Crippen molar-refractivity contribution >= 4 is 22.4 Å². The van der Waals surface area contributed by atoms with Crippen molar-refractivity contribution in [3.63, 3.8) is 0 Å². The van der Waals surface area contributed by atoms with Crippen LogP contribution in [0.15, 0.2) is 85.2 Å². The molecule has 8 heteroatoms. The first-order valence-corrected chi connectivity index (χ1v) is 10.6. The molecular weight excluding hydrogens is 498 g/mol. The maximum Gasteiger partial charge on any atom is 0.278 e. The monoisotopic (exact) mass is 521 g/mol. The standard InChI is InChI=1S/C26H23N3O4.BrH/c1-33-24-9-8-20-16-22(7-6-21(20)17-24)26(30)27-13-10-19-11-14-28(15-12-19)18-23-4-2-3-5-25(23)29(31)32;/h2-9,11-12,14-17H,10,13,18H2,1H3;1H. The van der Waals surface area contributed by atoms with Gasteiger partial charge in [-0.1, -0.05) is 24.3 Å². The Morgan fingerprint density at radius 2 is 1.71 bits per heavy atom. The third-order valence-electron chi connectivity index (χ3n) is 5.51. The van der Waals surface area contributed by atoms with Crippen molar-refractivity contribution in [2.24, 2.45) is 0 Å². The van der Waals surface area contributed by atoms with Crippen LogP contribution in [0, 0.1) is 10.1 Å². The molecule has 174 valence electrons. The van der Waals surface area contributed by atoms with E-state index >= 15 is 0 Å². The first-order valence-electron chi connectivity index (χ1n) is 10.6. The van der Waals surface area contributed by atoms with Gasteiger partial charge in [0.25, 0.3) is 11.6 Å². The molecule has 1 heterocycles. The maximum atomic E-state index is 12.6. The summed E-state index contributed by atoms with van der Waals surface area (Å²) in [6, 6.07) is 22.0. The first kappa shape index (κ1) is 24.9. The molecule has 0 radical (unpaired) electrons. The van der Waals surface area contributed by atoms with Gasteiger partial charge in [0.2, 0.25) is 0 Å². The largest absolute Gasteiger partial charge is 1.00 e. The lowest BCUT2D eigenvalue weighted by atomic mass is 10.1. The van der Waals surface area contributed by atoms with E-state index in [1.165, 1.54) is 6.07 Å². The number of methoxy groups -OCH3 is 1. The van der Waals surface area contributed by atoms with Crippen LogP contribution in [0.5, 0.6) is 5.75 Å². The van der Waals surface area contributed by atoms with Gasteiger partial charge in [-0.25, -0.2) is 4.57 Å². The maximum absolute atomic E-state index is 12.6. The molecule has 1 aromatic heterocycles.